The molecule has 0 heteroatoms. The fourth-order valence-corrected chi connectivity index (χ4v) is 1.68. The van der Waals surface area contributed by atoms with Crippen LogP contribution in [0.1, 0.15) is 71.6 Å². The van der Waals surface area contributed by atoms with E-state index >= 15 is 0 Å². The Bertz CT molecular complexity index is 208. The molecule has 0 aliphatic carbocycles. The highest BCUT2D eigenvalue weighted by atomic mass is 13.9. The Labute approximate surface area is 109 Å². The van der Waals surface area contributed by atoms with Gasteiger partial charge in [-0.2, -0.15) is 0 Å². The summed E-state index contributed by atoms with van der Waals surface area (Å²) in [5.74, 6) is 0. The van der Waals surface area contributed by atoms with E-state index in [4.69, 9.17) is 0 Å². The summed E-state index contributed by atoms with van der Waals surface area (Å²) in [7, 11) is 0. The van der Waals surface area contributed by atoms with Crippen LogP contribution < -0.4 is 0 Å². The molecule has 0 unspecified atom stereocenters. The average molecular weight is 234 g/mol. The van der Waals surface area contributed by atoms with Crippen molar-refractivity contribution < 1.29 is 0 Å². The van der Waals surface area contributed by atoms with E-state index in [0.717, 1.165) is 6.42 Å². The third-order valence-electron chi connectivity index (χ3n) is 2.76. The van der Waals surface area contributed by atoms with Crippen LogP contribution in [0.25, 0.3) is 0 Å². The van der Waals surface area contributed by atoms with Gasteiger partial charge in [0.25, 0.3) is 0 Å². The molecule has 0 aliphatic rings. The van der Waals surface area contributed by atoms with Gasteiger partial charge < -0.3 is 0 Å². The molecule has 98 valence electrons. The Morgan fingerprint density at radius 3 is 2.00 bits per heavy atom. The standard InChI is InChI=1S/C17H30/c1-3-5-7-9-11-13-15-17-16-14-12-10-8-6-4-2/h5,7,9,11,16-17H,3-4,6,8,10,12-15H2,1-2H3/b7-5+,11-9+,17-16+. The van der Waals surface area contributed by atoms with E-state index in [2.05, 4.69) is 50.3 Å². The molecular weight excluding hydrogens is 204 g/mol. The number of hydrogen-bond acceptors (Lipinski definition) is 0. The maximum absolute atomic E-state index is 2.35. The van der Waals surface area contributed by atoms with Crippen LogP contribution >= 0.6 is 0 Å². The normalized spacial score (nSPS) is 12.4. The molecule has 0 aliphatic heterocycles. The Morgan fingerprint density at radius 1 is 0.588 bits per heavy atom. The summed E-state index contributed by atoms with van der Waals surface area (Å²) in [5, 5.41) is 0. The third kappa shape index (κ3) is 15.2. The minimum absolute atomic E-state index is 1.13. The topological polar surface area (TPSA) is 0 Å². The fourth-order valence-electron chi connectivity index (χ4n) is 1.68. The van der Waals surface area contributed by atoms with Gasteiger partial charge in [-0.1, -0.05) is 76.0 Å². The SMILES string of the molecule is CC/C=C/C=C/CC/C=C/CCCCCCC. The zero-order valence-electron chi connectivity index (χ0n) is 11.8. The van der Waals surface area contributed by atoms with Crippen LogP contribution in [0.4, 0.5) is 0 Å². The van der Waals surface area contributed by atoms with Crippen molar-refractivity contribution in [2.75, 3.05) is 0 Å². The van der Waals surface area contributed by atoms with Crippen LogP contribution in [0.3, 0.4) is 0 Å². The van der Waals surface area contributed by atoms with Crippen LogP contribution in [-0.2, 0) is 0 Å². The van der Waals surface area contributed by atoms with E-state index in [-0.39, 0.29) is 0 Å². The lowest BCUT2D eigenvalue weighted by Crippen LogP contribution is -1.75. The highest BCUT2D eigenvalue weighted by molar-refractivity contribution is 5.02. The first-order valence-electron chi connectivity index (χ1n) is 7.38. The van der Waals surface area contributed by atoms with Gasteiger partial charge in [-0.15, -0.1) is 0 Å². The second kappa shape index (κ2) is 15.2. The van der Waals surface area contributed by atoms with E-state index in [1.165, 1.54) is 51.4 Å². The molecule has 17 heavy (non-hydrogen) atoms. The van der Waals surface area contributed by atoms with Gasteiger partial charge >= 0.3 is 0 Å². The summed E-state index contributed by atoms with van der Waals surface area (Å²) in [5.41, 5.74) is 0. The monoisotopic (exact) mass is 234 g/mol. The molecular formula is C17H30. The molecule has 0 amide bonds. The van der Waals surface area contributed by atoms with Crippen LogP contribution in [0.15, 0.2) is 36.5 Å². The molecule has 0 N–H and O–H groups in total. The molecule has 0 bridgehead atoms. The quantitative estimate of drug-likeness (QED) is 0.227. The average Bonchev–Trinajstić information content (AvgIpc) is 2.35. The molecule has 0 aromatic carbocycles. The number of rotatable bonds is 11. The van der Waals surface area contributed by atoms with Gasteiger partial charge in [0.05, 0.1) is 0 Å². The summed E-state index contributed by atoms with van der Waals surface area (Å²) in [6.45, 7) is 4.43. The lowest BCUT2D eigenvalue weighted by molar-refractivity contribution is 0.637. The Kier molecular flexibility index (Phi) is 14.5. The summed E-state index contributed by atoms with van der Waals surface area (Å²) in [6, 6.07) is 0. The van der Waals surface area contributed by atoms with Gasteiger partial charge in [0.2, 0.25) is 0 Å². The van der Waals surface area contributed by atoms with Crippen LogP contribution in [0, 0.1) is 0 Å². The predicted molar refractivity (Wildman–Crippen MR) is 80.3 cm³/mol. The van der Waals surface area contributed by atoms with Crippen LogP contribution in [-0.4, -0.2) is 0 Å². The minimum Gasteiger partial charge on any atom is -0.0885 e. The van der Waals surface area contributed by atoms with E-state index < -0.39 is 0 Å². The van der Waals surface area contributed by atoms with Gasteiger partial charge in [-0.05, 0) is 32.1 Å². The molecule has 0 rings (SSSR count). The summed E-state index contributed by atoms with van der Waals surface area (Å²) >= 11 is 0. The maximum Gasteiger partial charge on any atom is -0.0313 e. The molecule has 0 aromatic rings. The number of unbranched alkanes of at least 4 members (excludes halogenated alkanes) is 6. The van der Waals surface area contributed by atoms with Crippen molar-refractivity contribution >= 4 is 0 Å². The van der Waals surface area contributed by atoms with Crippen molar-refractivity contribution in [3.8, 4) is 0 Å². The smallest absolute Gasteiger partial charge is 0.0313 e. The van der Waals surface area contributed by atoms with Gasteiger partial charge in [-0.25, -0.2) is 0 Å². The van der Waals surface area contributed by atoms with Crippen molar-refractivity contribution in [3.05, 3.63) is 36.5 Å². The number of hydrogen-bond donors (Lipinski definition) is 0. The van der Waals surface area contributed by atoms with Crippen LogP contribution in [0.2, 0.25) is 0 Å². The third-order valence-corrected chi connectivity index (χ3v) is 2.76. The second-order valence-corrected chi connectivity index (χ2v) is 4.52. The molecule has 0 aromatic heterocycles. The van der Waals surface area contributed by atoms with Gasteiger partial charge in [0, 0.05) is 0 Å². The van der Waals surface area contributed by atoms with Crippen LogP contribution in [0.5, 0.6) is 0 Å². The van der Waals surface area contributed by atoms with E-state index in [1.807, 2.05) is 0 Å². The highest BCUT2D eigenvalue weighted by Crippen LogP contribution is 2.05. The van der Waals surface area contributed by atoms with E-state index in [1.54, 1.807) is 0 Å². The van der Waals surface area contributed by atoms with Crippen molar-refractivity contribution in [2.45, 2.75) is 71.6 Å². The van der Waals surface area contributed by atoms with Crippen molar-refractivity contribution in [2.24, 2.45) is 0 Å². The zero-order valence-corrected chi connectivity index (χ0v) is 11.8. The molecule has 0 heterocycles. The lowest BCUT2D eigenvalue weighted by Gasteiger charge is -1.95. The first-order chi connectivity index (χ1) is 8.41. The summed E-state index contributed by atoms with van der Waals surface area (Å²) in [6.07, 6.45) is 25.1. The molecule has 0 saturated carbocycles. The fraction of sp³-hybridized carbons (Fsp3) is 0.647. The lowest BCUT2D eigenvalue weighted by atomic mass is 10.1. The van der Waals surface area contributed by atoms with E-state index in [9.17, 15) is 0 Å². The summed E-state index contributed by atoms with van der Waals surface area (Å²) in [4.78, 5) is 0. The molecule has 0 atom stereocenters. The molecule has 0 saturated heterocycles. The Balaban J connectivity index is 3.19. The molecule has 0 radical (unpaired) electrons. The predicted octanol–water partition coefficient (Wildman–Crippen LogP) is 6.21. The Hall–Kier alpha value is -0.780. The first-order valence-corrected chi connectivity index (χ1v) is 7.38. The van der Waals surface area contributed by atoms with Gasteiger partial charge in [0.15, 0.2) is 0 Å². The largest absolute Gasteiger partial charge is 0.0885 e. The zero-order chi connectivity index (χ0) is 12.6. The van der Waals surface area contributed by atoms with Crippen molar-refractivity contribution in [1.29, 1.82) is 0 Å². The second-order valence-electron chi connectivity index (χ2n) is 4.52. The molecule has 0 fully saturated rings. The first kappa shape index (κ1) is 16.2. The number of allylic oxidation sites excluding steroid dienone is 6. The molecule has 0 spiro atoms. The molecule has 0 nitrogen and oxygen atoms in total. The maximum atomic E-state index is 2.35. The Morgan fingerprint density at radius 2 is 1.24 bits per heavy atom. The van der Waals surface area contributed by atoms with Crippen molar-refractivity contribution in [3.63, 3.8) is 0 Å². The minimum atomic E-state index is 1.13. The van der Waals surface area contributed by atoms with Gasteiger partial charge in [0.1, 0.15) is 0 Å². The summed E-state index contributed by atoms with van der Waals surface area (Å²) < 4.78 is 0. The van der Waals surface area contributed by atoms with Gasteiger partial charge in [-0.3, -0.25) is 0 Å². The van der Waals surface area contributed by atoms with Crippen molar-refractivity contribution in [1.82, 2.24) is 0 Å². The van der Waals surface area contributed by atoms with E-state index in [0.29, 0.717) is 0 Å². The highest BCUT2D eigenvalue weighted by Gasteiger charge is 1.86.